The summed E-state index contributed by atoms with van der Waals surface area (Å²) in [6, 6.07) is 11.8. The highest BCUT2D eigenvalue weighted by atomic mass is 35.5. The van der Waals surface area contributed by atoms with Gasteiger partial charge in [-0.1, -0.05) is 47.5 Å². The highest BCUT2D eigenvalue weighted by Gasteiger charge is 2.30. The van der Waals surface area contributed by atoms with Gasteiger partial charge in [0.05, 0.1) is 42.4 Å². The second-order valence-corrected chi connectivity index (χ2v) is 8.00. The first-order valence-electron chi connectivity index (χ1n) is 9.46. The maximum atomic E-state index is 12.9. The molecule has 0 aliphatic carbocycles. The van der Waals surface area contributed by atoms with Crippen molar-refractivity contribution < 1.29 is 9.59 Å². The van der Waals surface area contributed by atoms with Gasteiger partial charge in [-0.2, -0.15) is 5.10 Å². The van der Waals surface area contributed by atoms with E-state index in [0.717, 1.165) is 5.56 Å². The number of hydrogen-bond donors (Lipinski definition) is 1. The molecule has 0 unspecified atom stereocenters. The molecule has 31 heavy (non-hydrogen) atoms. The molecule has 2 N–H and O–H groups in total. The fraction of sp³-hybridized carbons (Fsp3) is 0.182. The van der Waals surface area contributed by atoms with Gasteiger partial charge in [-0.25, -0.2) is 4.85 Å². The number of nitrogens with two attached hydrogens (primary N) is 1. The minimum atomic E-state index is -0.642. The summed E-state index contributed by atoms with van der Waals surface area (Å²) < 4.78 is 1.70. The fourth-order valence-corrected chi connectivity index (χ4v) is 4.01. The van der Waals surface area contributed by atoms with Crippen LogP contribution in [0.2, 0.25) is 10.0 Å². The molecule has 0 spiro atoms. The molecule has 2 aromatic carbocycles. The Morgan fingerprint density at radius 3 is 2.55 bits per heavy atom. The monoisotopic (exact) mass is 453 g/mol. The Bertz CT molecular complexity index is 1230. The maximum Gasteiger partial charge on any atom is 0.252 e. The van der Waals surface area contributed by atoms with E-state index in [2.05, 4.69) is 9.94 Å². The molecule has 156 valence electrons. The molecule has 0 radical (unpaired) electrons. The van der Waals surface area contributed by atoms with Crippen molar-refractivity contribution in [1.29, 1.82) is 0 Å². The zero-order valence-electron chi connectivity index (χ0n) is 16.3. The molecule has 2 heterocycles. The third-order valence-corrected chi connectivity index (χ3v) is 5.75. The molecule has 3 aromatic rings. The Labute approximate surface area is 188 Å². The first-order chi connectivity index (χ1) is 14.9. The summed E-state index contributed by atoms with van der Waals surface area (Å²) in [4.78, 5) is 30.2. The number of hydrogen-bond acceptors (Lipinski definition) is 3. The summed E-state index contributed by atoms with van der Waals surface area (Å²) in [7, 11) is 0. The minimum Gasteiger partial charge on any atom is -0.365 e. The normalized spacial score (nSPS) is 12.9. The number of aromatic nitrogens is 2. The molecule has 4 rings (SSSR count). The van der Waals surface area contributed by atoms with E-state index < -0.39 is 5.91 Å². The molecule has 7 nitrogen and oxygen atoms in total. The fourth-order valence-electron chi connectivity index (χ4n) is 3.63. The van der Waals surface area contributed by atoms with Crippen LogP contribution in [-0.4, -0.2) is 33.0 Å². The van der Waals surface area contributed by atoms with Gasteiger partial charge < -0.3 is 10.6 Å². The molecule has 0 bridgehead atoms. The Morgan fingerprint density at radius 1 is 1.13 bits per heavy atom. The quantitative estimate of drug-likeness (QED) is 0.603. The van der Waals surface area contributed by atoms with Crippen LogP contribution in [-0.2, 0) is 24.3 Å². The molecular formula is C22H17Cl2N5O2. The van der Waals surface area contributed by atoms with E-state index in [-0.39, 0.29) is 24.4 Å². The van der Waals surface area contributed by atoms with Crippen molar-refractivity contribution in [3.63, 3.8) is 0 Å². The number of amides is 2. The van der Waals surface area contributed by atoms with E-state index in [0.29, 0.717) is 45.8 Å². The van der Waals surface area contributed by atoms with Crippen molar-refractivity contribution in [1.82, 2.24) is 14.7 Å². The van der Waals surface area contributed by atoms with Crippen molar-refractivity contribution in [2.45, 2.75) is 19.5 Å². The summed E-state index contributed by atoms with van der Waals surface area (Å²) in [5.74, 6) is -0.725. The highest BCUT2D eigenvalue weighted by Crippen LogP contribution is 2.34. The topological polar surface area (TPSA) is 85.6 Å². The van der Waals surface area contributed by atoms with Crippen molar-refractivity contribution in [3.8, 4) is 11.3 Å². The molecule has 1 aliphatic heterocycles. The lowest BCUT2D eigenvalue weighted by Gasteiger charge is -2.28. The third kappa shape index (κ3) is 4.13. The predicted molar refractivity (Wildman–Crippen MR) is 118 cm³/mol. The van der Waals surface area contributed by atoms with Crippen LogP contribution in [0.3, 0.4) is 0 Å². The first kappa shape index (κ1) is 20.9. The predicted octanol–water partition coefficient (Wildman–Crippen LogP) is 4.09. The molecule has 9 heteroatoms. The second kappa shape index (κ2) is 8.42. The Kier molecular flexibility index (Phi) is 5.68. The smallest absolute Gasteiger partial charge is 0.252 e. The largest absolute Gasteiger partial charge is 0.365 e. The standard InChI is InChI=1S/C22H17Cl2N5O2/c1-26-15-5-2-13(3-6-15)10-19(30)28-8-9-29-18(12-28)20(22(25)31)21(27-29)16-11-14(23)4-7-17(16)24/h2-7,11H,8-10,12H2,(H2,25,31). The van der Waals surface area contributed by atoms with Gasteiger partial charge in [-0.3, -0.25) is 14.3 Å². The van der Waals surface area contributed by atoms with Gasteiger partial charge in [0.2, 0.25) is 5.91 Å². The lowest BCUT2D eigenvalue weighted by atomic mass is 10.0. The number of primary amides is 1. The average molecular weight is 454 g/mol. The summed E-state index contributed by atoms with van der Waals surface area (Å²) >= 11 is 12.4. The molecule has 1 aromatic heterocycles. The number of rotatable bonds is 4. The Balaban J connectivity index is 1.63. The second-order valence-electron chi connectivity index (χ2n) is 7.15. The van der Waals surface area contributed by atoms with E-state index >= 15 is 0 Å². The van der Waals surface area contributed by atoms with Crippen molar-refractivity contribution >= 4 is 40.7 Å². The number of carbonyl (C=O) groups is 2. The molecule has 2 amide bonds. The average Bonchev–Trinajstić information content (AvgIpc) is 3.14. The van der Waals surface area contributed by atoms with Crippen molar-refractivity contribution in [2.24, 2.45) is 5.73 Å². The van der Waals surface area contributed by atoms with Crippen molar-refractivity contribution in [3.05, 3.63) is 80.7 Å². The van der Waals surface area contributed by atoms with Crippen LogP contribution in [0, 0.1) is 6.57 Å². The number of carbonyl (C=O) groups excluding carboxylic acids is 2. The minimum absolute atomic E-state index is 0.0826. The van der Waals surface area contributed by atoms with Crippen LogP contribution < -0.4 is 5.73 Å². The SMILES string of the molecule is [C-]#[N+]c1ccc(CC(=O)N2CCn3nc(-c4cc(Cl)ccc4Cl)c(C(N)=O)c3C2)cc1. The first-order valence-corrected chi connectivity index (χ1v) is 10.2. The van der Waals surface area contributed by atoms with Gasteiger partial charge in [-0.05, 0) is 23.8 Å². The number of benzene rings is 2. The van der Waals surface area contributed by atoms with E-state index in [4.69, 9.17) is 35.5 Å². The van der Waals surface area contributed by atoms with Gasteiger partial charge in [0.1, 0.15) is 5.69 Å². The van der Waals surface area contributed by atoms with Crippen LogP contribution in [0.15, 0.2) is 42.5 Å². The lowest BCUT2D eigenvalue weighted by Crippen LogP contribution is -2.40. The van der Waals surface area contributed by atoms with Crippen LogP contribution in [0.25, 0.3) is 16.1 Å². The van der Waals surface area contributed by atoms with Crippen LogP contribution in [0.1, 0.15) is 21.6 Å². The molecule has 0 atom stereocenters. The van der Waals surface area contributed by atoms with Crippen LogP contribution in [0.5, 0.6) is 0 Å². The van der Waals surface area contributed by atoms with Crippen LogP contribution >= 0.6 is 23.2 Å². The Hall–Kier alpha value is -3.34. The highest BCUT2D eigenvalue weighted by molar-refractivity contribution is 6.35. The third-order valence-electron chi connectivity index (χ3n) is 5.18. The summed E-state index contributed by atoms with van der Waals surface area (Å²) in [5.41, 5.74) is 8.71. The van der Waals surface area contributed by atoms with E-state index in [1.807, 2.05) is 0 Å². The summed E-state index contributed by atoms with van der Waals surface area (Å²) in [5, 5.41) is 5.41. The molecule has 0 fully saturated rings. The molecule has 0 saturated carbocycles. The van der Waals surface area contributed by atoms with E-state index in [1.165, 1.54) is 0 Å². The summed E-state index contributed by atoms with van der Waals surface area (Å²) in [6.07, 6.45) is 0.200. The van der Waals surface area contributed by atoms with Gasteiger partial charge >= 0.3 is 0 Å². The van der Waals surface area contributed by atoms with Gasteiger partial charge in [0.15, 0.2) is 5.69 Å². The lowest BCUT2D eigenvalue weighted by molar-refractivity contribution is -0.132. The molecule has 1 aliphatic rings. The maximum absolute atomic E-state index is 12.9. The summed E-state index contributed by atoms with van der Waals surface area (Å²) in [6.45, 7) is 8.11. The van der Waals surface area contributed by atoms with Gasteiger partial charge in [-0.15, -0.1) is 0 Å². The zero-order chi connectivity index (χ0) is 22.1. The van der Waals surface area contributed by atoms with E-state index in [1.54, 1.807) is 52.0 Å². The van der Waals surface area contributed by atoms with Gasteiger partial charge in [0.25, 0.3) is 5.91 Å². The van der Waals surface area contributed by atoms with E-state index in [9.17, 15) is 9.59 Å². The zero-order valence-corrected chi connectivity index (χ0v) is 17.8. The molecule has 0 saturated heterocycles. The van der Waals surface area contributed by atoms with Crippen LogP contribution in [0.4, 0.5) is 5.69 Å². The number of fused-ring (bicyclic) bond motifs is 1. The van der Waals surface area contributed by atoms with Gasteiger partial charge in [0, 0.05) is 17.1 Å². The molecular weight excluding hydrogens is 437 g/mol. The van der Waals surface area contributed by atoms with Crippen molar-refractivity contribution in [2.75, 3.05) is 6.54 Å². The number of nitrogens with zero attached hydrogens (tertiary/aromatic N) is 4. The Morgan fingerprint density at radius 2 is 1.87 bits per heavy atom. The number of halogens is 2.